The van der Waals surface area contributed by atoms with Crippen LogP contribution in [0.1, 0.15) is 46.5 Å². The Labute approximate surface area is 109 Å². The standard InChI is InChI=1S/C13H26N2O3/c1-5-6-7-10(13(17)18)15-12(16)11(14-4)8-9(2)3/h9-11,14H,5-8H2,1-4H3,(H,15,16)(H,17,18)/t10-,11-/m0/s1. The van der Waals surface area contributed by atoms with Gasteiger partial charge in [-0.05, 0) is 25.8 Å². The van der Waals surface area contributed by atoms with Gasteiger partial charge < -0.3 is 15.7 Å². The van der Waals surface area contributed by atoms with Gasteiger partial charge in [0.1, 0.15) is 6.04 Å². The van der Waals surface area contributed by atoms with Crippen molar-refractivity contribution in [1.82, 2.24) is 10.6 Å². The molecule has 0 aliphatic rings. The molecule has 0 fully saturated rings. The van der Waals surface area contributed by atoms with Crippen LogP contribution in [-0.4, -0.2) is 36.1 Å². The smallest absolute Gasteiger partial charge is 0.326 e. The van der Waals surface area contributed by atoms with Crippen molar-refractivity contribution in [1.29, 1.82) is 0 Å². The summed E-state index contributed by atoms with van der Waals surface area (Å²) in [5, 5.41) is 14.6. The minimum absolute atomic E-state index is 0.227. The fourth-order valence-electron chi connectivity index (χ4n) is 1.77. The summed E-state index contributed by atoms with van der Waals surface area (Å²) in [6.07, 6.45) is 2.89. The molecule has 5 heteroatoms. The van der Waals surface area contributed by atoms with Crippen LogP contribution in [0.15, 0.2) is 0 Å². The Morgan fingerprint density at radius 1 is 1.22 bits per heavy atom. The maximum Gasteiger partial charge on any atom is 0.326 e. The molecule has 1 amide bonds. The lowest BCUT2D eigenvalue weighted by Crippen LogP contribution is -2.49. The lowest BCUT2D eigenvalue weighted by atomic mass is 10.0. The van der Waals surface area contributed by atoms with Crippen molar-refractivity contribution in [2.45, 2.75) is 58.5 Å². The lowest BCUT2D eigenvalue weighted by molar-refractivity contribution is -0.142. The Morgan fingerprint density at radius 3 is 2.22 bits per heavy atom. The molecule has 0 aromatic rings. The zero-order valence-electron chi connectivity index (χ0n) is 11.8. The van der Waals surface area contributed by atoms with Crippen molar-refractivity contribution in [3.05, 3.63) is 0 Å². The maximum absolute atomic E-state index is 12.0. The van der Waals surface area contributed by atoms with Gasteiger partial charge in [-0.25, -0.2) is 4.79 Å². The van der Waals surface area contributed by atoms with Crippen molar-refractivity contribution in [3.8, 4) is 0 Å². The summed E-state index contributed by atoms with van der Waals surface area (Å²) in [7, 11) is 1.72. The lowest BCUT2D eigenvalue weighted by Gasteiger charge is -2.21. The number of carboxylic acid groups (broad SMARTS) is 1. The van der Waals surface area contributed by atoms with Crippen LogP contribution in [0.4, 0.5) is 0 Å². The predicted octanol–water partition coefficient (Wildman–Crippen LogP) is 1.38. The first kappa shape index (κ1) is 16.9. The minimum Gasteiger partial charge on any atom is -0.480 e. The van der Waals surface area contributed by atoms with Gasteiger partial charge in [0.15, 0.2) is 0 Å². The van der Waals surface area contributed by atoms with E-state index in [4.69, 9.17) is 5.11 Å². The molecule has 0 bridgehead atoms. The zero-order chi connectivity index (χ0) is 14.1. The van der Waals surface area contributed by atoms with E-state index in [1.165, 1.54) is 0 Å². The third kappa shape index (κ3) is 6.59. The van der Waals surface area contributed by atoms with E-state index in [0.29, 0.717) is 18.8 Å². The van der Waals surface area contributed by atoms with Gasteiger partial charge in [-0.3, -0.25) is 4.79 Å². The van der Waals surface area contributed by atoms with E-state index in [-0.39, 0.29) is 11.9 Å². The van der Waals surface area contributed by atoms with E-state index < -0.39 is 12.0 Å². The summed E-state index contributed by atoms with van der Waals surface area (Å²) < 4.78 is 0. The first-order valence-electron chi connectivity index (χ1n) is 6.62. The number of carboxylic acids is 1. The Balaban J connectivity index is 4.41. The monoisotopic (exact) mass is 258 g/mol. The topological polar surface area (TPSA) is 78.4 Å². The first-order valence-corrected chi connectivity index (χ1v) is 6.62. The molecule has 0 aromatic heterocycles. The fourth-order valence-corrected chi connectivity index (χ4v) is 1.77. The van der Waals surface area contributed by atoms with Crippen LogP contribution in [0.25, 0.3) is 0 Å². The molecule has 0 aliphatic carbocycles. The van der Waals surface area contributed by atoms with E-state index >= 15 is 0 Å². The van der Waals surface area contributed by atoms with Gasteiger partial charge in [-0.15, -0.1) is 0 Å². The Kier molecular flexibility index (Phi) is 8.37. The highest BCUT2D eigenvalue weighted by Crippen LogP contribution is 2.06. The van der Waals surface area contributed by atoms with Crippen LogP contribution < -0.4 is 10.6 Å². The van der Waals surface area contributed by atoms with Crippen LogP contribution in [0, 0.1) is 5.92 Å². The molecule has 0 unspecified atom stereocenters. The molecule has 18 heavy (non-hydrogen) atoms. The number of unbranched alkanes of at least 4 members (excludes halogenated alkanes) is 1. The number of likely N-dealkylation sites (N-methyl/N-ethyl adjacent to an activating group) is 1. The van der Waals surface area contributed by atoms with E-state index in [2.05, 4.69) is 10.6 Å². The van der Waals surface area contributed by atoms with Gasteiger partial charge in [0, 0.05) is 0 Å². The van der Waals surface area contributed by atoms with Crippen molar-refractivity contribution < 1.29 is 14.7 Å². The molecule has 5 nitrogen and oxygen atoms in total. The van der Waals surface area contributed by atoms with Crippen molar-refractivity contribution in [2.24, 2.45) is 5.92 Å². The number of nitrogens with one attached hydrogen (secondary N) is 2. The second-order valence-electron chi connectivity index (χ2n) is 5.01. The second kappa shape index (κ2) is 8.91. The van der Waals surface area contributed by atoms with Crippen LogP contribution in [-0.2, 0) is 9.59 Å². The molecule has 3 N–H and O–H groups in total. The minimum atomic E-state index is -0.962. The molecule has 0 aromatic carbocycles. The Bertz CT molecular complexity index is 267. The largest absolute Gasteiger partial charge is 0.480 e. The number of carbonyl (C=O) groups is 2. The highest BCUT2D eigenvalue weighted by atomic mass is 16.4. The number of hydrogen-bond donors (Lipinski definition) is 3. The molecular formula is C13H26N2O3. The quantitative estimate of drug-likeness (QED) is 0.584. The van der Waals surface area contributed by atoms with Gasteiger partial charge in [0.2, 0.25) is 5.91 Å². The fraction of sp³-hybridized carbons (Fsp3) is 0.846. The van der Waals surface area contributed by atoms with Crippen LogP contribution in [0.5, 0.6) is 0 Å². The molecule has 0 aliphatic heterocycles. The summed E-state index contributed by atoms with van der Waals surface area (Å²) in [6, 6.07) is -1.10. The predicted molar refractivity (Wildman–Crippen MR) is 71.4 cm³/mol. The summed E-state index contributed by atoms with van der Waals surface area (Å²) in [5.74, 6) is -0.807. The van der Waals surface area contributed by atoms with E-state index in [1.54, 1.807) is 7.05 Å². The van der Waals surface area contributed by atoms with Gasteiger partial charge >= 0.3 is 5.97 Å². The van der Waals surface area contributed by atoms with E-state index in [9.17, 15) is 9.59 Å². The highest BCUT2D eigenvalue weighted by Gasteiger charge is 2.24. The third-order valence-corrected chi connectivity index (χ3v) is 2.83. The summed E-state index contributed by atoms with van der Waals surface area (Å²) >= 11 is 0. The number of rotatable bonds is 9. The maximum atomic E-state index is 12.0. The van der Waals surface area contributed by atoms with Gasteiger partial charge in [0.25, 0.3) is 0 Å². The second-order valence-corrected chi connectivity index (χ2v) is 5.01. The average Bonchev–Trinajstić information content (AvgIpc) is 2.30. The van der Waals surface area contributed by atoms with E-state index in [0.717, 1.165) is 12.8 Å². The van der Waals surface area contributed by atoms with Crippen LogP contribution >= 0.6 is 0 Å². The highest BCUT2D eigenvalue weighted by molar-refractivity contribution is 5.86. The molecule has 0 heterocycles. The molecule has 0 rings (SSSR count). The zero-order valence-corrected chi connectivity index (χ0v) is 11.8. The molecule has 106 valence electrons. The van der Waals surface area contributed by atoms with Crippen molar-refractivity contribution >= 4 is 11.9 Å². The van der Waals surface area contributed by atoms with Gasteiger partial charge in [-0.2, -0.15) is 0 Å². The Hall–Kier alpha value is -1.10. The van der Waals surface area contributed by atoms with Crippen LogP contribution in [0.3, 0.4) is 0 Å². The number of hydrogen-bond acceptors (Lipinski definition) is 3. The molecular weight excluding hydrogens is 232 g/mol. The summed E-state index contributed by atoms with van der Waals surface area (Å²) in [5.41, 5.74) is 0. The average molecular weight is 258 g/mol. The molecule has 0 saturated heterocycles. The third-order valence-electron chi connectivity index (χ3n) is 2.83. The molecule has 0 radical (unpaired) electrons. The summed E-state index contributed by atoms with van der Waals surface area (Å²) in [4.78, 5) is 23.0. The number of amides is 1. The van der Waals surface area contributed by atoms with E-state index in [1.807, 2.05) is 20.8 Å². The number of aliphatic carboxylic acids is 1. The first-order chi connectivity index (χ1) is 8.42. The SMILES string of the molecule is CCCC[C@H](NC(=O)[C@H](CC(C)C)NC)C(=O)O. The van der Waals surface area contributed by atoms with Crippen molar-refractivity contribution in [3.63, 3.8) is 0 Å². The molecule has 0 saturated carbocycles. The van der Waals surface area contributed by atoms with Gasteiger partial charge in [-0.1, -0.05) is 33.6 Å². The van der Waals surface area contributed by atoms with Crippen LogP contribution in [0.2, 0.25) is 0 Å². The van der Waals surface area contributed by atoms with Gasteiger partial charge in [0.05, 0.1) is 6.04 Å². The Morgan fingerprint density at radius 2 is 1.83 bits per heavy atom. The van der Waals surface area contributed by atoms with Crippen molar-refractivity contribution in [2.75, 3.05) is 7.05 Å². The normalized spacial score (nSPS) is 14.3. The summed E-state index contributed by atoms with van der Waals surface area (Å²) in [6.45, 7) is 6.06. The molecule has 0 spiro atoms. The molecule has 2 atom stereocenters. The number of carbonyl (C=O) groups excluding carboxylic acids is 1.